The molecule has 2 aromatic heterocycles. The van der Waals surface area contributed by atoms with Gasteiger partial charge in [0.1, 0.15) is 12.3 Å². The molecule has 30 heavy (non-hydrogen) atoms. The van der Waals surface area contributed by atoms with Gasteiger partial charge in [-0.15, -0.1) is 0 Å². The van der Waals surface area contributed by atoms with Gasteiger partial charge in [-0.3, -0.25) is 9.78 Å². The summed E-state index contributed by atoms with van der Waals surface area (Å²) in [6.45, 7) is 8.01. The summed E-state index contributed by atoms with van der Waals surface area (Å²) in [5, 5.41) is 4.00. The minimum absolute atomic E-state index is 0.0516. The molecule has 0 radical (unpaired) electrons. The highest BCUT2D eigenvalue weighted by Gasteiger charge is 2.26. The molecule has 1 atom stereocenters. The smallest absolute Gasteiger partial charge is 0.264 e. The highest BCUT2D eigenvalue weighted by atomic mass is 16.5. The highest BCUT2D eigenvalue weighted by molar-refractivity contribution is 5.81. The molecule has 0 aliphatic carbocycles. The van der Waals surface area contributed by atoms with Crippen LogP contribution in [0.5, 0.6) is 5.75 Å². The van der Waals surface area contributed by atoms with E-state index < -0.39 is 6.10 Å². The molecule has 7 heteroatoms. The van der Waals surface area contributed by atoms with E-state index in [2.05, 4.69) is 22.0 Å². The van der Waals surface area contributed by atoms with Gasteiger partial charge in [-0.05, 0) is 57.0 Å². The van der Waals surface area contributed by atoms with Gasteiger partial charge in [-0.2, -0.15) is 4.98 Å². The van der Waals surface area contributed by atoms with Crippen molar-refractivity contribution >= 4 is 5.91 Å². The number of carbonyl (C=O) groups excluding carboxylic acids is 1. The fourth-order valence-corrected chi connectivity index (χ4v) is 3.10. The van der Waals surface area contributed by atoms with Crippen LogP contribution in [-0.2, 0) is 17.8 Å². The second-order valence-electron chi connectivity index (χ2n) is 7.47. The molecule has 0 saturated heterocycles. The lowest BCUT2D eigenvalue weighted by molar-refractivity contribution is -0.140. The van der Waals surface area contributed by atoms with Crippen molar-refractivity contribution < 1.29 is 14.1 Å². The van der Waals surface area contributed by atoms with Crippen molar-refractivity contribution in [3.8, 4) is 17.1 Å². The molecule has 1 aromatic carbocycles. The molecule has 0 aliphatic rings. The van der Waals surface area contributed by atoms with Crippen LogP contribution in [0.1, 0.15) is 45.6 Å². The van der Waals surface area contributed by atoms with E-state index in [0.29, 0.717) is 17.5 Å². The number of ether oxygens (including phenoxy) is 1. The van der Waals surface area contributed by atoms with Crippen LogP contribution in [0.2, 0.25) is 0 Å². The standard InChI is InChI=1S/C23H28N4O3/c1-5-7-18-9-11-20(12-10-18)29-17(4)23(28)27(16(2)3)15-21-25-22(26-30-21)19-8-6-13-24-14-19/h6,8-14,16-17H,5,7,15H2,1-4H3. The number of aryl methyl sites for hydroxylation is 1. The molecule has 0 spiro atoms. The zero-order chi connectivity index (χ0) is 21.5. The Morgan fingerprint density at radius 3 is 2.57 bits per heavy atom. The van der Waals surface area contributed by atoms with Crippen LogP contribution in [0.4, 0.5) is 0 Å². The van der Waals surface area contributed by atoms with Gasteiger partial charge in [-0.1, -0.05) is 30.6 Å². The van der Waals surface area contributed by atoms with Gasteiger partial charge in [0.2, 0.25) is 11.7 Å². The zero-order valence-electron chi connectivity index (χ0n) is 17.9. The van der Waals surface area contributed by atoms with E-state index in [9.17, 15) is 4.79 Å². The molecule has 7 nitrogen and oxygen atoms in total. The van der Waals surface area contributed by atoms with Gasteiger partial charge in [0.25, 0.3) is 5.91 Å². The molecule has 3 aromatic rings. The predicted octanol–water partition coefficient (Wildman–Crippen LogP) is 4.29. The Balaban J connectivity index is 1.66. The Kier molecular flexibility index (Phi) is 7.17. The number of amides is 1. The van der Waals surface area contributed by atoms with E-state index in [-0.39, 0.29) is 18.5 Å². The van der Waals surface area contributed by atoms with Crippen LogP contribution >= 0.6 is 0 Å². The first kappa shape index (κ1) is 21.5. The number of rotatable bonds is 9. The Morgan fingerprint density at radius 1 is 1.17 bits per heavy atom. The van der Waals surface area contributed by atoms with Crippen molar-refractivity contribution in [3.05, 3.63) is 60.2 Å². The normalized spacial score (nSPS) is 12.0. The average molecular weight is 409 g/mol. The maximum atomic E-state index is 13.0. The Bertz CT molecular complexity index is 939. The third-order valence-electron chi connectivity index (χ3n) is 4.72. The second-order valence-corrected chi connectivity index (χ2v) is 7.47. The summed E-state index contributed by atoms with van der Waals surface area (Å²) in [5.74, 6) is 1.36. The van der Waals surface area contributed by atoms with Gasteiger partial charge < -0.3 is 14.2 Å². The van der Waals surface area contributed by atoms with Crippen molar-refractivity contribution in [1.29, 1.82) is 0 Å². The quantitative estimate of drug-likeness (QED) is 0.525. The number of benzene rings is 1. The van der Waals surface area contributed by atoms with E-state index in [0.717, 1.165) is 18.4 Å². The van der Waals surface area contributed by atoms with Gasteiger partial charge in [0.15, 0.2) is 6.10 Å². The van der Waals surface area contributed by atoms with Gasteiger partial charge in [-0.25, -0.2) is 0 Å². The summed E-state index contributed by atoms with van der Waals surface area (Å²) in [7, 11) is 0. The minimum Gasteiger partial charge on any atom is -0.481 e. The minimum atomic E-state index is -0.634. The SMILES string of the molecule is CCCc1ccc(OC(C)C(=O)N(Cc2nc(-c3cccnc3)no2)C(C)C)cc1. The van der Waals surface area contributed by atoms with E-state index in [4.69, 9.17) is 9.26 Å². The van der Waals surface area contributed by atoms with Crippen LogP contribution in [0.3, 0.4) is 0 Å². The lowest BCUT2D eigenvalue weighted by Crippen LogP contribution is -2.43. The van der Waals surface area contributed by atoms with Crippen molar-refractivity contribution in [2.45, 2.75) is 59.2 Å². The van der Waals surface area contributed by atoms with E-state index in [1.54, 1.807) is 24.2 Å². The fraction of sp³-hybridized carbons (Fsp3) is 0.391. The lowest BCUT2D eigenvalue weighted by Gasteiger charge is -2.28. The molecule has 3 rings (SSSR count). The van der Waals surface area contributed by atoms with Crippen LogP contribution in [0.25, 0.3) is 11.4 Å². The van der Waals surface area contributed by atoms with Gasteiger partial charge in [0, 0.05) is 24.0 Å². The number of hydrogen-bond donors (Lipinski definition) is 0. The fourth-order valence-electron chi connectivity index (χ4n) is 3.10. The first-order chi connectivity index (χ1) is 14.5. The molecule has 0 bridgehead atoms. The maximum absolute atomic E-state index is 13.0. The highest BCUT2D eigenvalue weighted by Crippen LogP contribution is 2.19. The van der Waals surface area contributed by atoms with Crippen LogP contribution < -0.4 is 4.74 Å². The summed E-state index contributed by atoms with van der Waals surface area (Å²) in [4.78, 5) is 23.2. The third kappa shape index (κ3) is 5.43. The molecule has 1 amide bonds. The second kappa shape index (κ2) is 10.0. The monoisotopic (exact) mass is 408 g/mol. The van der Waals surface area contributed by atoms with Gasteiger partial charge in [0.05, 0.1) is 0 Å². The molecule has 1 unspecified atom stereocenters. The molecular weight excluding hydrogens is 380 g/mol. The van der Waals surface area contributed by atoms with Crippen molar-refractivity contribution in [1.82, 2.24) is 20.0 Å². The third-order valence-corrected chi connectivity index (χ3v) is 4.72. The molecule has 158 valence electrons. The number of hydrogen-bond acceptors (Lipinski definition) is 6. The first-order valence-electron chi connectivity index (χ1n) is 10.3. The summed E-state index contributed by atoms with van der Waals surface area (Å²) in [6, 6.07) is 11.5. The maximum Gasteiger partial charge on any atom is 0.264 e. The van der Waals surface area contributed by atoms with Crippen molar-refractivity contribution in [3.63, 3.8) is 0 Å². The number of carbonyl (C=O) groups is 1. The summed E-state index contributed by atoms with van der Waals surface area (Å²) in [6.07, 6.45) is 4.84. The first-order valence-corrected chi connectivity index (χ1v) is 10.3. The Morgan fingerprint density at radius 2 is 1.93 bits per heavy atom. The molecule has 0 fully saturated rings. The van der Waals surface area contributed by atoms with Crippen molar-refractivity contribution in [2.75, 3.05) is 0 Å². The summed E-state index contributed by atoms with van der Waals surface area (Å²) in [5.41, 5.74) is 2.02. The summed E-state index contributed by atoms with van der Waals surface area (Å²) >= 11 is 0. The largest absolute Gasteiger partial charge is 0.481 e. The van der Waals surface area contributed by atoms with Gasteiger partial charge >= 0.3 is 0 Å². The van der Waals surface area contributed by atoms with Crippen LogP contribution in [0.15, 0.2) is 53.3 Å². The summed E-state index contributed by atoms with van der Waals surface area (Å²) < 4.78 is 11.2. The lowest BCUT2D eigenvalue weighted by atomic mass is 10.1. The molecular formula is C23H28N4O3. The number of aromatic nitrogens is 3. The number of nitrogens with zero attached hydrogens (tertiary/aromatic N) is 4. The van der Waals surface area contributed by atoms with Crippen LogP contribution in [-0.4, -0.2) is 38.1 Å². The van der Waals surface area contributed by atoms with E-state index in [1.807, 2.05) is 50.2 Å². The number of pyridine rings is 1. The Labute approximate surface area is 177 Å². The molecule has 0 saturated carbocycles. The average Bonchev–Trinajstić information content (AvgIpc) is 3.22. The Hall–Kier alpha value is -3.22. The molecule has 0 N–H and O–H groups in total. The van der Waals surface area contributed by atoms with E-state index >= 15 is 0 Å². The van der Waals surface area contributed by atoms with Crippen molar-refractivity contribution in [2.24, 2.45) is 0 Å². The molecule has 0 aliphatic heterocycles. The molecule has 2 heterocycles. The zero-order valence-corrected chi connectivity index (χ0v) is 17.9. The predicted molar refractivity (Wildman–Crippen MR) is 114 cm³/mol. The van der Waals surface area contributed by atoms with E-state index in [1.165, 1.54) is 5.56 Å². The van der Waals surface area contributed by atoms with Crippen LogP contribution in [0, 0.1) is 0 Å². The topological polar surface area (TPSA) is 81.4 Å².